The lowest BCUT2D eigenvalue weighted by molar-refractivity contribution is -0.142. The third-order valence-electron chi connectivity index (χ3n) is 4.03. The van der Waals surface area contributed by atoms with Crippen LogP contribution in [0.4, 0.5) is 0 Å². The molecule has 3 N–H and O–H groups in total. The van der Waals surface area contributed by atoms with Gasteiger partial charge in [0.1, 0.15) is 12.1 Å². The lowest BCUT2D eigenvalue weighted by atomic mass is 10.0. The molecule has 1 aliphatic rings. The Morgan fingerprint density at radius 1 is 1.13 bits per heavy atom. The van der Waals surface area contributed by atoms with Gasteiger partial charge >= 0.3 is 5.97 Å². The molecule has 3 rings (SSSR count). The maximum atomic E-state index is 11.0. The molecular weight excluding hydrogens is 294 g/mol. The number of carboxylic acid groups (broad SMARTS) is 1. The summed E-state index contributed by atoms with van der Waals surface area (Å²) in [5, 5.41) is 21.7. The highest BCUT2D eigenvalue weighted by molar-refractivity contribution is 5.75. The number of rotatable bonds is 5. The van der Waals surface area contributed by atoms with Crippen molar-refractivity contribution in [2.24, 2.45) is 0 Å². The largest absolute Gasteiger partial charge is 0.480 e. The zero-order chi connectivity index (χ0) is 16.2. The van der Waals surface area contributed by atoms with Crippen molar-refractivity contribution in [2.45, 2.75) is 24.9 Å². The first-order chi connectivity index (χ1) is 11.1. The summed E-state index contributed by atoms with van der Waals surface area (Å²) >= 11 is 0. The lowest BCUT2D eigenvalue weighted by Gasteiger charge is -2.17. The Labute approximate surface area is 134 Å². The topological polar surface area (TPSA) is 78.8 Å². The van der Waals surface area contributed by atoms with E-state index in [2.05, 4.69) is 5.32 Å². The number of ether oxygens (including phenoxy) is 1. The predicted octanol–water partition coefficient (Wildman–Crippen LogP) is 1.66. The van der Waals surface area contributed by atoms with Crippen molar-refractivity contribution in [3.63, 3.8) is 0 Å². The van der Waals surface area contributed by atoms with E-state index in [4.69, 9.17) is 9.84 Å². The third kappa shape index (κ3) is 3.59. The average molecular weight is 313 g/mol. The Bertz CT molecular complexity index is 674. The highest BCUT2D eigenvalue weighted by Gasteiger charge is 2.39. The minimum atomic E-state index is -1.06. The summed E-state index contributed by atoms with van der Waals surface area (Å²) in [5.74, 6) is -1.06. The molecule has 2 aromatic carbocycles. The molecule has 1 saturated heterocycles. The highest BCUT2D eigenvalue weighted by atomic mass is 16.5. The fourth-order valence-electron chi connectivity index (χ4n) is 2.76. The zero-order valence-corrected chi connectivity index (χ0v) is 12.6. The normalized spacial score (nSPS) is 23.8. The van der Waals surface area contributed by atoms with Crippen molar-refractivity contribution in [3.8, 4) is 11.1 Å². The van der Waals surface area contributed by atoms with Gasteiger partial charge in [-0.05, 0) is 22.8 Å². The van der Waals surface area contributed by atoms with Crippen molar-refractivity contribution >= 4 is 5.97 Å². The summed E-state index contributed by atoms with van der Waals surface area (Å²) in [6.07, 6.45) is -1.55. The second-order valence-electron chi connectivity index (χ2n) is 5.63. The van der Waals surface area contributed by atoms with Gasteiger partial charge in [0.15, 0.2) is 0 Å². The first kappa shape index (κ1) is 15.7. The maximum absolute atomic E-state index is 11.0. The Morgan fingerprint density at radius 2 is 1.87 bits per heavy atom. The number of nitrogens with one attached hydrogen (secondary N) is 1. The number of carbonyl (C=O) groups is 1. The zero-order valence-electron chi connectivity index (χ0n) is 12.6. The van der Waals surface area contributed by atoms with Crippen molar-refractivity contribution in [1.82, 2.24) is 5.32 Å². The van der Waals surface area contributed by atoms with Gasteiger partial charge in [-0.2, -0.15) is 0 Å². The van der Waals surface area contributed by atoms with Crippen LogP contribution in [0.2, 0.25) is 0 Å². The van der Waals surface area contributed by atoms with Gasteiger partial charge in [0.2, 0.25) is 0 Å². The van der Waals surface area contributed by atoms with Crippen molar-refractivity contribution in [3.05, 3.63) is 60.2 Å². The molecule has 120 valence electrons. The van der Waals surface area contributed by atoms with Crippen LogP contribution in [0.3, 0.4) is 0 Å². The van der Waals surface area contributed by atoms with Crippen LogP contribution in [0, 0.1) is 0 Å². The second-order valence-corrected chi connectivity index (χ2v) is 5.63. The number of benzene rings is 2. The molecule has 23 heavy (non-hydrogen) atoms. The molecule has 0 saturated carbocycles. The van der Waals surface area contributed by atoms with Crippen molar-refractivity contribution in [1.29, 1.82) is 0 Å². The Balaban J connectivity index is 1.64. The number of hydrogen-bond acceptors (Lipinski definition) is 4. The number of aliphatic carboxylic acids is 1. The molecule has 3 atom stereocenters. The summed E-state index contributed by atoms with van der Waals surface area (Å²) in [7, 11) is 0. The first-order valence-corrected chi connectivity index (χ1v) is 7.55. The van der Waals surface area contributed by atoms with E-state index in [0.717, 1.165) is 16.7 Å². The molecule has 1 heterocycles. The van der Waals surface area contributed by atoms with E-state index < -0.39 is 24.2 Å². The van der Waals surface area contributed by atoms with Crippen LogP contribution in [-0.2, 0) is 16.1 Å². The third-order valence-corrected chi connectivity index (χ3v) is 4.03. The standard InChI is InChI=1S/C18H19NO4/c20-17-15(10-19-16(17)18(21)22)23-11-12-5-4-8-14(9-12)13-6-2-1-3-7-13/h1-9,15-17,19-20H,10-11H2,(H,21,22)/t15-,16+,17+/m1/s1. The van der Waals surface area contributed by atoms with Crippen LogP contribution in [-0.4, -0.2) is 41.0 Å². The van der Waals surface area contributed by atoms with Crippen LogP contribution >= 0.6 is 0 Å². The van der Waals surface area contributed by atoms with Crippen LogP contribution in [0.1, 0.15) is 5.56 Å². The monoisotopic (exact) mass is 313 g/mol. The minimum Gasteiger partial charge on any atom is -0.480 e. The Morgan fingerprint density at radius 3 is 2.57 bits per heavy atom. The quantitative estimate of drug-likeness (QED) is 0.782. The summed E-state index contributed by atoms with van der Waals surface area (Å²) in [6.45, 7) is 0.660. The maximum Gasteiger partial charge on any atom is 0.323 e. The molecule has 0 amide bonds. The number of carboxylic acids is 1. The van der Waals surface area contributed by atoms with Gasteiger partial charge in [0.05, 0.1) is 12.7 Å². The van der Waals surface area contributed by atoms with Gasteiger partial charge in [-0.25, -0.2) is 0 Å². The molecule has 1 aliphatic heterocycles. The van der Waals surface area contributed by atoms with Gasteiger partial charge in [-0.15, -0.1) is 0 Å². The molecule has 5 nitrogen and oxygen atoms in total. The van der Waals surface area contributed by atoms with Gasteiger partial charge in [0.25, 0.3) is 0 Å². The van der Waals surface area contributed by atoms with Gasteiger partial charge < -0.3 is 14.9 Å². The van der Waals surface area contributed by atoms with Gasteiger partial charge in [-0.1, -0.05) is 48.5 Å². The number of aliphatic hydroxyl groups excluding tert-OH is 1. The molecule has 5 heteroatoms. The van der Waals surface area contributed by atoms with Crippen molar-refractivity contribution < 1.29 is 19.7 Å². The van der Waals surface area contributed by atoms with E-state index in [9.17, 15) is 9.90 Å². The summed E-state index contributed by atoms with van der Waals surface area (Å²) in [6, 6.07) is 17.1. The van der Waals surface area contributed by atoms with E-state index in [0.29, 0.717) is 13.2 Å². The van der Waals surface area contributed by atoms with E-state index in [1.165, 1.54) is 0 Å². The van der Waals surface area contributed by atoms with E-state index in [1.807, 2.05) is 54.6 Å². The average Bonchev–Trinajstić information content (AvgIpc) is 2.95. The smallest absolute Gasteiger partial charge is 0.323 e. The molecule has 0 radical (unpaired) electrons. The van der Waals surface area contributed by atoms with E-state index >= 15 is 0 Å². The number of aliphatic hydroxyl groups is 1. The van der Waals surface area contributed by atoms with Crippen molar-refractivity contribution in [2.75, 3.05) is 6.54 Å². The van der Waals surface area contributed by atoms with Gasteiger partial charge in [0, 0.05) is 6.54 Å². The van der Waals surface area contributed by atoms with Gasteiger partial charge in [-0.3, -0.25) is 10.1 Å². The van der Waals surface area contributed by atoms with E-state index in [1.54, 1.807) is 0 Å². The summed E-state index contributed by atoms with van der Waals surface area (Å²) < 4.78 is 5.70. The van der Waals surface area contributed by atoms with Crippen LogP contribution < -0.4 is 5.32 Å². The fourth-order valence-corrected chi connectivity index (χ4v) is 2.76. The molecule has 2 aromatic rings. The first-order valence-electron chi connectivity index (χ1n) is 7.55. The molecule has 1 fully saturated rings. The predicted molar refractivity (Wildman–Crippen MR) is 85.9 cm³/mol. The van der Waals surface area contributed by atoms with E-state index in [-0.39, 0.29) is 0 Å². The Hall–Kier alpha value is -2.21. The summed E-state index contributed by atoms with van der Waals surface area (Å²) in [5.41, 5.74) is 3.21. The lowest BCUT2D eigenvalue weighted by Crippen LogP contribution is -2.40. The van der Waals surface area contributed by atoms with Crippen LogP contribution in [0.25, 0.3) is 11.1 Å². The molecule has 0 aliphatic carbocycles. The SMILES string of the molecule is O=C(O)[C@H]1NC[C@@H](OCc2cccc(-c3ccccc3)c2)[C@@H]1O. The summed E-state index contributed by atoms with van der Waals surface area (Å²) in [4.78, 5) is 11.0. The van der Waals surface area contributed by atoms with Crippen LogP contribution in [0.5, 0.6) is 0 Å². The highest BCUT2D eigenvalue weighted by Crippen LogP contribution is 2.21. The molecule has 0 unspecified atom stereocenters. The molecule has 0 spiro atoms. The second kappa shape index (κ2) is 6.91. The minimum absolute atomic E-state index is 0.330. The fraction of sp³-hybridized carbons (Fsp3) is 0.278. The molecular formula is C18H19NO4. The molecule has 0 aromatic heterocycles. The molecule has 0 bridgehead atoms. The number of hydrogen-bond donors (Lipinski definition) is 3. The Kier molecular flexibility index (Phi) is 4.71. The van der Waals surface area contributed by atoms with Crippen LogP contribution in [0.15, 0.2) is 54.6 Å².